The summed E-state index contributed by atoms with van der Waals surface area (Å²) >= 11 is 0. The minimum absolute atomic E-state index is 0.0156. The number of methoxy groups -OCH3 is 2. The van der Waals surface area contributed by atoms with Crippen LogP contribution in [0.2, 0.25) is 0 Å². The van der Waals surface area contributed by atoms with Crippen LogP contribution in [0.5, 0.6) is 11.5 Å². The van der Waals surface area contributed by atoms with Crippen LogP contribution in [0.3, 0.4) is 0 Å². The maximum Gasteiger partial charge on any atom is 0.226 e. The van der Waals surface area contributed by atoms with E-state index in [4.69, 9.17) is 9.47 Å². The number of amides is 1. The predicted molar refractivity (Wildman–Crippen MR) is 73.8 cm³/mol. The van der Waals surface area contributed by atoms with E-state index in [1.54, 1.807) is 33.2 Å². The highest BCUT2D eigenvalue weighted by atomic mass is 16.5. The van der Waals surface area contributed by atoms with Gasteiger partial charge in [0.15, 0.2) is 11.5 Å². The molecular weight excluding hydrogens is 242 g/mol. The number of hydrogen-bond acceptors (Lipinski definition) is 3. The fraction of sp³-hybridized carbons (Fsp3) is 0.533. The molecular formula is C15H21NO3. The maximum atomic E-state index is 12.2. The molecule has 0 bridgehead atoms. The molecule has 2 rings (SSSR count). The number of hydrogen-bond donors (Lipinski definition) is 0. The Bertz CT molecular complexity index is 496. The van der Waals surface area contributed by atoms with Crippen LogP contribution in [0, 0.1) is 5.92 Å². The van der Waals surface area contributed by atoms with Crippen LogP contribution in [0.25, 0.3) is 0 Å². The van der Waals surface area contributed by atoms with E-state index in [2.05, 4.69) is 6.92 Å². The second-order valence-electron chi connectivity index (χ2n) is 5.24. The molecule has 1 amide bonds. The van der Waals surface area contributed by atoms with E-state index in [0.29, 0.717) is 0 Å². The maximum absolute atomic E-state index is 12.2. The molecule has 1 aliphatic carbocycles. The second kappa shape index (κ2) is 5.11. The Morgan fingerprint density at radius 3 is 2.32 bits per heavy atom. The molecule has 0 fully saturated rings. The van der Waals surface area contributed by atoms with E-state index in [-0.39, 0.29) is 17.7 Å². The number of fused-ring (bicyclic) bond motifs is 1. The van der Waals surface area contributed by atoms with Gasteiger partial charge in [-0.15, -0.1) is 0 Å². The summed E-state index contributed by atoms with van der Waals surface area (Å²) in [6, 6.07) is 4.00. The zero-order valence-electron chi connectivity index (χ0n) is 12.2. The van der Waals surface area contributed by atoms with Crippen molar-refractivity contribution in [2.75, 3.05) is 28.3 Å². The van der Waals surface area contributed by atoms with Crippen molar-refractivity contribution in [3.8, 4) is 11.5 Å². The smallest absolute Gasteiger partial charge is 0.226 e. The number of carbonyl (C=O) groups excluding carboxylic acids is 1. The third-order valence-electron chi connectivity index (χ3n) is 3.94. The Morgan fingerprint density at radius 1 is 1.21 bits per heavy atom. The van der Waals surface area contributed by atoms with Crippen LogP contribution in [0.15, 0.2) is 12.1 Å². The number of nitrogens with zero attached hydrogens (tertiary/aromatic N) is 1. The first-order valence-corrected chi connectivity index (χ1v) is 6.45. The molecule has 0 saturated heterocycles. The first-order chi connectivity index (χ1) is 8.99. The molecule has 1 aromatic carbocycles. The van der Waals surface area contributed by atoms with Crippen molar-refractivity contribution in [2.45, 2.75) is 19.3 Å². The van der Waals surface area contributed by atoms with Gasteiger partial charge in [-0.1, -0.05) is 6.92 Å². The average molecular weight is 263 g/mol. The van der Waals surface area contributed by atoms with E-state index >= 15 is 0 Å². The summed E-state index contributed by atoms with van der Waals surface area (Å²) in [6.07, 6.45) is 0.772. The summed E-state index contributed by atoms with van der Waals surface area (Å²) < 4.78 is 10.7. The van der Waals surface area contributed by atoms with Crippen LogP contribution < -0.4 is 9.47 Å². The zero-order chi connectivity index (χ0) is 14.2. The molecule has 0 unspecified atom stereocenters. The molecule has 2 atom stereocenters. The molecule has 0 radical (unpaired) electrons. The van der Waals surface area contributed by atoms with Gasteiger partial charge in [-0.3, -0.25) is 4.79 Å². The molecule has 1 aliphatic rings. The van der Waals surface area contributed by atoms with Crippen LogP contribution in [0.1, 0.15) is 24.0 Å². The lowest BCUT2D eigenvalue weighted by molar-refractivity contribution is -0.133. The minimum atomic E-state index is 0.0156. The monoisotopic (exact) mass is 263 g/mol. The van der Waals surface area contributed by atoms with Gasteiger partial charge in [-0.25, -0.2) is 0 Å². The quantitative estimate of drug-likeness (QED) is 0.838. The highest BCUT2D eigenvalue weighted by Crippen LogP contribution is 2.43. The van der Waals surface area contributed by atoms with Gasteiger partial charge in [0, 0.05) is 20.0 Å². The normalized spacial score (nSPS) is 20.9. The highest BCUT2D eigenvalue weighted by molar-refractivity contribution is 5.81. The molecule has 4 heteroatoms. The summed E-state index contributed by atoms with van der Waals surface area (Å²) in [6.45, 7) is 2.10. The van der Waals surface area contributed by atoms with Crippen molar-refractivity contribution in [2.24, 2.45) is 5.92 Å². The Balaban J connectivity index is 2.38. The van der Waals surface area contributed by atoms with E-state index in [0.717, 1.165) is 17.9 Å². The molecule has 0 saturated carbocycles. The number of benzene rings is 1. The summed E-state index contributed by atoms with van der Waals surface area (Å²) in [5.74, 6) is 1.87. The van der Waals surface area contributed by atoms with Crippen LogP contribution >= 0.6 is 0 Å². The summed E-state index contributed by atoms with van der Waals surface area (Å²) in [5, 5.41) is 0. The lowest BCUT2D eigenvalue weighted by atomic mass is 9.93. The minimum Gasteiger partial charge on any atom is -0.493 e. The van der Waals surface area contributed by atoms with Gasteiger partial charge in [0.1, 0.15) is 0 Å². The predicted octanol–water partition coefficient (Wildman–Crippen LogP) is 2.07. The molecule has 0 aliphatic heterocycles. The van der Waals surface area contributed by atoms with Gasteiger partial charge in [-0.05, 0) is 35.6 Å². The number of rotatable bonds is 3. The molecule has 0 heterocycles. The summed E-state index contributed by atoms with van der Waals surface area (Å²) in [7, 11) is 6.87. The van der Waals surface area contributed by atoms with Gasteiger partial charge in [0.25, 0.3) is 0 Å². The van der Waals surface area contributed by atoms with Crippen LogP contribution in [-0.4, -0.2) is 39.1 Å². The van der Waals surface area contributed by atoms with Crippen molar-refractivity contribution < 1.29 is 14.3 Å². The van der Waals surface area contributed by atoms with Gasteiger partial charge < -0.3 is 14.4 Å². The molecule has 0 aromatic heterocycles. The van der Waals surface area contributed by atoms with Crippen molar-refractivity contribution in [3.05, 3.63) is 23.3 Å². The molecule has 0 spiro atoms. The first-order valence-electron chi connectivity index (χ1n) is 6.45. The van der Waals surface area contributed by atoms with Crippen molar-refractivity contribution in [1.82, 2.24) is 4.90 Å². The summed E-state index contributed by atoms with van der Waals surface area (Å²) in [5.41, 5.74) is 2.38. The first kappa shape index (κ1) is 13.7. The van der Waals surface area contributed by atoms with Gasteiger partial charge in [0.05, 0.1) is 14.2 Å². The third-order valence-corrected chi connectivity index (χ3v) is 3.94. The fourth-order valence-corrected chi connectivity index (χ4v) is 2.80. The lowest BCUT2D eigenvalue weighted by Crippen LogP contribution is -2.31. The SMILES string of the molecule is COc1cc2c(cc1OC)[C@@H](C)[C@H](C(=O)N(C)C)C2. The molecule has 19 heavy (non-hydrogen) atoms. The van der Waals surface area contributed by atoms with Gasteiger partial charge >= 0.3 is 0 Å². The highest BCUT2D eigenvalue weighted by Gasteiger charge is 2.36. The molecule has 4 nitrogen and oxygen atoms in total. The van der Waals surface area contributed by atoms with Gasteiger partial charge in [0.2, 0.25) is 5.91 Å². The summed E-state index contributed by atoms with van der Waals surface area (Å²) in [4.78, 5) is 13.9. The van der Waals surface area contributed by atoms with E-state index in [1.165, 1.54) is 11.1 Å². The topological polar surface area (TPSA) is 38.8 Å². The molecule has 1 aromatic rings. The Labute approximate surface area is 114 Å². The Hall–Kier alpha value is -1.71. The largest absolute Gasteiger partial charge is 0.493 e. The number of ether oxygens (including phenoxy) is 2. The van der Waals surface area contributed by atoms with E-state index in [1.807, 2.05) is 12.1 Å². The second-order valence-corrected chi connectivity index (χ2v) is 5.24. The Morgan fingerprint density at radius 2 is 1.79 bits per heavy atom. The Kier molecular flexibility index (Phi) is 3.69. The van der Waals surface area contributed by atoms with E-state index in [9.17, 15) is 4.79 Å². The van der Waals surface area contributed by atoms with Crippen molar-refractivity contribution in [3.63, 3.8) is 0 Å². The van der Waals surface area contributed by atoms with Crippen molar-refractivity contribution >= 4 is 5.91 Å². The average Bonchev–Trinajstić information content (AvgIpc) is 2.72. The van der Waals surface area contributed by atoms with Crippen LogP contribution in [0.4, 0.5) is 0 Å². The van der Waals surface area contributed by atoms with Crippen LogP contribution in [-0.2, 0) is 11.2 Å². The number of carbonyl (C=O) groups is 1. The molecule has 0 N–H and O–H groups in total. The zero-order valence-corrected chi connectivity index (χ0v) is 12.2. The standard InChI is InChI=1S/C15H21NO3/c1-9-11-8-14(19-5)13(18-4)7-10(11)6-12(9)15(17)16(2)3/h7-9,12H,6H2,1-5H3/t9-,12-/m1/s1. The van der Waals surface area contributed by atoms with Gasteiger partial charge in [-0.2, -0.15) is 0 Å². The van der Waals surface area contributed by atoms with E-state index < -0.39 is 0 Å². The van der Waals surface area contributed by atoms with Crippen molar-refractivity contribution in [1.29, 1.82) is 0 Å². The fourth-order valence-electron chi connectivity index (χ4n) is 2.80. The third kappa shape index (κ3) is 2.27. The lowest BCUT2D eigenvalue weighted by Gasteiger charge is -2.19. The molecule has 104 valence electrons.